The number of halogens is 1. The van der Waals surface area contributed by atoms with E-state index in [0.717, 1.165) is 18.8 Å². The Morgan fingerprint density at radius 3 is 2.80 bits per heavy atom. The lowest BCUT2D eigenvalue weighted by Crippen LogP contribution is -2.23. The number of nitrogens with zero attached hydrogens (tertiary/aromatic N) is 2. The standard InChI is InChI=1S/C11H18ClN3/c1-9(7-8-15(2)3)13-11-6-4-5-10(12)14-11/h4-6,9H,7-8H2,1-3H3,(H,13,14). The Labute approximate surface area is 96.5 Å². The largest absolute Gasteiger partial charge is 0.368 e. The van der Waals surface area contributed by atoms with Crippen molar-refractivity contribution in [2.24, 2.45) is 0 Å². The van der Waals surface area contributed by atoms with Gasteiger partial charge in [0.1, 0.15) is 11.0 Å². The Bertz CT molecular complexity index is 302. The van der Waals surface area contributed by atoms with Gasteiger partial charge in [-0.15, -0.1) is 0 Å². The first-order valence-electron chi connectivity index (χ1n) is 5.12. The fourth-order valence-corrected chi connectivity index (χ4v) is 1.43. The molecule has 0 radical (unpaired) electrons. The zero-order valence-electron chi connectivity index (χ0n) is 9.50. The highest BCUT2D eigenvalue weighted by molar-refractivity contribution is 6.29. The van der Waals surface area contributed by atoms with Crippen LogP contribution in [0.25, 0.3) is 0 Å². The predicted molar refractivity (Wildman–Crippen MR) is 65.5 cm³/mol. The molecular weight excluding hydrogens is 210 g/mol. The van der Waals surface area contributed by atoms with E-state index in [1.165, 1.54) is 0 Å². The molecule has 1 atom stereocenters. The van der Waals surface area contributed by atoms with Crippen LogP contribution < -0.4 is 5.32 Å². The van der Waals surface area contributed by atoms with Gasteiger partial charge in [0, 0.05) is 6.04 Å². The minimum absolute atomic E-state index is 0.401. The Hall–Kier alpha value is -0.800. The molecule has 0 aromatic carbocycles. The molecule has 1 rings (SSSR count). The van der Waals surface area contributed by atoms with E-state index in [1.54, 1.807) is 6.07 Å². The highest BCUT2D eigenvalue weighted by Crippen LogP contribution is 2.11. The van der Waals surface area contributed by atoms with Crippen LogP contribution in [0.5, 0.6) is 0 Å². The van der Waals surface area contributed by atoms with E-state index in [-0.39, 0.29) is 0 Å². The van der Waals surface area contributed by atoms with Gasteiger partial charge in [0.25, 0.3) is 0 Å². The SMILES string of the molecule is CC(CCN(C)C)Nc1cccc(Cl)n1. The molecule has 0 fully saturated rings. The summed E-state index contributed by atoms with van der Waals surface area (Å²) in [4.78, 5) is 6.35. The summed E-state index contributed by atoms with van der Waals surface area (Å²) in [7, 11) is 4.15. The molecule has 1 heterocycles. The second kappa shape index (κ2) is 5.93. The number of hydrogen-bond acceptors (Lipinski definition) is 3. The number of aromatic nitrogens is 1. The van der Waals surface area contributed by atoms with E-state index in [0.29, 0.717) is 11.2 Å². The van der Waals surface area contributed by atoms with Crippen LogP contribution in [0.1, 0.15) is 13.3 Å². The monoisotopic (exact) mass is 227 g/mol. The first kappa shape index (κ1) is 12.3. The maximum absolute atomic E-state index is 5.80. The zero-order valence-corrected chi connectivity index (χ0v) is 10.3. The maximum atomic E-state index is 5.80. The highest BCUT2D eigenvalue weighted by atomic mass is 35.5. The topological polar surface area (TPSA) is 28.2 Å². The smallest absolute Gasteiger partial charge is 0.131 e. The minimum atomic E-state index is 0.401. The molecule has 0 saturated heterocycles. The van der Waals surface area contributed by atoms with Crippen LogP contribution in [0.3, 0.4) is 0 Å². The van der Waals surface area contributed by atoms with Crippen LogP contribution in [0, 0.1) is 0 Å². The van der Waals surface area contributed by atoms with Gasteiger partial charge in [-0.3, -0.25) is 0 Å². The van der Waals surface area contributed by atoms with E-state index in [4.69, 9.17) is 11.6 Å². The van der Waals surface area contributed by atoms with Gasteiger partial charge in [-0.25, -0.2) is 4.98 Å². The van der Waals surface area contributed by atoms with E-state index >= 15 is 0 Å². The summed E-state index contributed by atoms with van der Waals surface area (Å²) in [6.07, 6.45) is 1.08. The summed E-state index contributed by atoms with van der Waals surface area (Å²) in [5, 5.41) is 3.84. The van der Waals surface area contributed by atoms with Crippen molar-refractivity contribution in [2.45, 2.75) is 19.4 Å². The number of rotatable bonds is 5. The molecule has 0 aliphatic rings. The van der Waals surface area contributed by atoms with Crippen LogP contribution >= 0.6 is 11.6 Å². The number of pyridine rings is 1. The molecule has 84 valence electrons. The molecule has 0 amide bonds. The van der Waals surface area contributed by atoms with Crippen LogP contribution in [-0.2, 0) is 0 Å². The summed E-state index contributed by atoms with van der Waals surface area (Å²) >= 11 is 5.80. The Kier molecular flexibility index (Phi) is 4.85. The normalized spacial score (nSPS) is 12.9. The minimum Gasteiger partial charge on any atom is -0.368 e. The van der Waals surface area contributed by atoms with Gasteiger partial charge in [-0.2, -0.15) is 0 Å². The molecule has 0 bridgehead atoms. The third-order valence-corrected chi connectivity index (χ3v) is 2.33. The van der Waals surface area contributed by atoms with Crippen LogP contribution in [0.2, 0.25) is 5.15 Å². The molecule has 15 heavy (non-hydrogen) atoms. The fraction of sp³-hybridized carbons (Fsp3) is 0.545. The lowest BCUT2D eigenvalue weighted by atomic mass is 10.2. The van der Waals surface area contributed by atoms with Crippen molar-refractivity contribution in [2.75, 3.05) is 26.0 Å². The van der Waals surface area contributed by atoms with Gasteiger partial charge >= 0.3 is 0 Å². The quantitative estimate of drug-likeness (QED) is 0.784. The van der Waals surface area contributed by atoms with Gasteiger partial charge in [-0.1, -0.05) is 17.7 Å². The van der Waals surface area contributed by atoms with E-state index in [2.05, 4.69) is 36.2 Å². The lowest BCUT2D eigenvalue weighted by molar-refractivity contribution is 0.390. The number of anilines is 1. The lowest BCUT2D eigenvalue weighted by Gasteiger charge is -2.17. The molecule has 1 N–H and O–H groups in total. The zero-order chi connectivity index (χ0) is 11.3. The first-order chi connectivity index (χ1) is 7.08. The first-order valence-corrected chi connectivity index (χ1v) is 5.49. The van der Waals surface area contributed by atoms with E-state index < -0.39 is 0 Å². The molecule has 1 aromatic rings. The predicted octanol–water partition coefficient (Wildman–Crippen LogP) is 2.49. The summed E-state index contributed by atoms with van der Waals surface area (Å²) in [6.45, 7) is 3.21. The van der Waals surface area contributed by atoms with Crippen molar-refractivity contribution < 1.29 is 0 Å². The summed E-state index contributed by atoms with van der Waals surface area (Å²) in [6, 6.07) is 6.00. The molecule has 1 unspecified atom stereocenters. The van der Waals surface area contributed by atoms with Crippen molar-refractivity contribution in [3.05, 3.63) is 23.4 Å². The average Bonchev–Trinajstić information content (AvgIpc) is 2.15. The Morgan fingerprint density at radius 1 is 1.47 bits per heavy atom. The highest BCUT2D eigenvalue weighted by Gasteiger charge is 2.03. The van der Waals surface area contributed by atoms with Gasteiger partial charge in [0.05, 0.1) is 0 Å². The van der Waals surface area contributed by atoms with Crippen LogP contribution in [0.4, 0.5) is 5.82 Å². The van der Waals surface area contributed by atoms with Crippen molar-refractivity contribution in [3.8, 4) is 0 Å². The summed E-state index contributed by atoms with van der Waals surface area (Å²) in [5.41, 5.74) is 0. The van der Waals surface area contributed by atoms with Gasteiger partial charge in [0.15, 0.2) is 0 Å². The van der Waals surface area contributed by atoms with Crippen molar-refractivity contribution in [3.63, 3.8) is 0 Å². The molecule has 4 heteroatoms. The maximum Gasteiger partial charge on any atom is 0.131 e. The Balaban J connectivity index is 2.40. The average molecular weight is 228 g/mol. The Morgan fingerprint density at radius 2 is 2.20 bits per heavy atom. The van der Waals surface area contributed by atoms with Crippen molar-refractivity contribution >= 4 is 17.4 Å². The van der Waals surface area contributed by atoms with E-state index in [9.17, 15) is 0 Å². The van der Waals surface area contributed by atoms with E-state index in [1.807, 2.05) is 12.1 Å². The van der Waals surface area contributed by atoms with Crippen molar-refractivity contribution in [1.82, 2.24) is 9.88 Å². The molecule has 0 spiro atoms. The van der Waals surface area contributed by atoms with Gasteiger partial charge in [-0.05, 0) is 46.1 Å². The van der Waals surface area contributed by atoms with Gasteiger partial charge < -0.3 is 10.2 Å². The molecule has 0 saturated carbocycles. The number of hydrogen-bond donors (Lipinski definition) is 1. The van der Waals surface area contributed by atoms with Crippen molar-refractivity contribution in [1.29, 1.82) is 0 Å². The molecule has 0 aliphatic heterocycles. The van der Waals surface area contributed by atoms with Crippen LogP contribution in [-0.4, -0.2) is 36.6 Å². The number of nitrogens with one attached hydrogen (secondary N) is 1. The third kappa shape index (κ3) is 5.00. The second-order valence-electron chi connectivity index (χ2n) is 3.98. The fourth-order valence-electron chi connectivity index (χ4n) is 1.27. The summed E-state index contributed by atoms with van der Waals surface area (Å²) < 4.78 is 0. The molecule has 1 aromatic heterocycles. The third-order valence-electron chi connectivity index (χ3n) is 2.12. The van der Waals surface area contributed by atoms with Gasteiger partial charge in [0.2, 0.25) is 0 Å². The van der Waals surface area contributed by atoms with Crippen LogP contribution in [0.15, 0.2) is 18.2 Å². The molecule has 3 nitrogen and oxygen atoms in total. The molecular formula is C11H18ClN3. The summed E-state index contributed by atoms with van der Waals surface area (Å²) in [5.74, 6) is 0.841. The molecule has 0 aliphatic carbocycles. The second-order valence-corrected chi connectivity index (χ2v) is 4.37.